The highest BCUT2D eigenvalue weighted by molar-refractivity contribution is 8.07. The number of halogens is 1. The van der Waals surface area contributed by atoms with E-state index in [1.807, 2.05) is 6.07 Å². The van der Waals surface area contributed by atoms with Gasteiger partial charge < -0.3 is 0 Å². The molecule has 0 radical (unpaired) electrons. The summed E-state index contributed by atoms with van der Waals surface area (Å²) in [6, 6.07) is 6.56. The summed E-state index contributed by atoms with van der Waals surface area (Å²) in [6.45, 7) is 4.33. The van der Waals surface area contributed by atoms with Crippen molar-refractivity contribution < 1.29 is 0 Å². The summed E-state index contributed by atoms with van der Waals surface area (Å²) in [7, 11) is 0. The lowest BCUT2D eigenvalue weighted by Crippen LogP contribution is -2.49. The van der Waals surface area contributed by atoms with Crippen LogP contribution in [0.15, 0.2) is 18.2 Å². The van der Waals surface area contributed by atoms with Crippen LogP contribution in [0.2, 0.25) is 5.02 Å². The quantitative estimate of drug-likeness (QED) is 0.638. The fourth-order valence-corrected chi connectivity index (χ4v) is 6.19. The molecule has 3 atom stereocenters. The fraction of sp³-hybridized carbons (Fsp3) is 0.600. The largest absolute Gasteiger partial charge is 0.271 e. The predicted octanol–water partition coefficient (Wildman–Crippen LogP) is 3.65. The second-order valence-electron chi connectivity index (χ2n) is 5.23. The molecule has 112 valence electrons. The van der Waals surface area contributed by atoms with Crippen LogP contribution in [0.3, 0.4) is 0 Å². The zero-order valence-electron chi connectivity index (χ0n) is 12.1. The number of rotatable bonds is 5. The van der Waals surface area contributed by atoms with Crippen LogP contribution < -0.4 is 11.3 Å². The van der Waals surface area contributed by atoms with Gasteiger partial charge in [-0.1, -0.05) is 30.7 Å². The minimum atomic E-state index is 0.276. The summed E-state index contributed by atoms with van der Waals surface area (Å²) >= 11 is 10.5. The normalized spacial score (nSPS) is 24.6. The van der Waals surface area contributed by atoms with E-state index in [4.69, 9.17) is 17.4 Å². The van der Waals surface area contributed by atoms with E-state index in [9.17, 15) is 0 Å². The maximum Gasteiger partial charge on any atom is 0.0441 e. The second kappa shape index (κ2) is 7.95. The van der Waals surface area contributed by atoms with Gasteiger partial charge in [0.2, 0.25) is 0 Å². The van der Waals surface area contributed by atoms with Gasteiger partial charge in [-0.3, -0.25) is 11.3 Å². The van der Waals surface area contributed by atoms with Crippen LogP contribution in [-0.4, -0.2) is 28.0 Å². The van der Waals surface area contributed by atoms with Crippen LogP contribution in [0.5, 0.6) is 0 Å². The van der Waals surface area contributed by atoms with Gasteiger partial charge in [0, 0.05) is 33.1 Å². The topological polar surface area (TPSA) is 38.0 Å². The maximum atomic E-state index is 6.36. The Hall–Kier alpha value is 0.130. The van der Waals surface area contributed by atoms with Gasteiger partial charge in [-0.25, -0.2) is 0 Å². The average Bonchev–Trinajstić information content (AvgIpc) is 2.46. The van der Waals surface area contributed by atoms with Crippen molar-refractivity contribution >= 4 is 35.1 Å². The van der Waals surface area contributed by atoms with E-state index >= 15 is 0 Å². The summed E-state index contributed by atoms with van der Waals surface area (Å²) < 4.78 is 0. The number of hydrogen-bond donors (Lipinski definition) is 2. The van der Waals surface area contributed by atoms with E-state index in [-0.39, 0.29) is 6.04 Å². The number of aryl methyl sites for hydroxylation is 1. The van der Waals surface area contributed by atoms with Gasteiger partial charge in [-0.2, -0.15) is 23.5 Å². The molecule has 0 spiro atoms. The number of nitrogens with two attached hydrogens (primary N) is 1. The Morgan fingerprint density at radius 3 is 2.80 bits per heavy atom. The third-order valence-corrected chi connectivity index (χ3v) is 7.51. The Balaban J connectivity index is 2.11. The standard InChI is InChI=1S/C15H23ClN2S2/c1-3-14-15(20-7-6-19-14)13(18-17)9-11-5-4-10(2)8-12(11)16/h4-5,8,13-15,18H,3,6-7,9,17H2,1-2H3. The van der Waals surface area contributed by atoms with Gasteiger partial charge >= 0.3 is 0 Å². The third-order valence-electron chi connectivity index (χ3n) is 3.75. The highest BCUT2D eigenvalue weighted by atomic mass is 35.5. The van der Waals surface area contributed by atoms with Crippen LogP contribution in [0.1, 0.15) is 24.5 Å². The lowest BCUT2D eigenvalue weighted by atomic mass is 10.00. The van der Waals surface area contributed by atoms with Crippen molar-refractivity contribution in [1.29, 1.82) is 0 Å². The summed E-state index contributed by atoms with van der Waals surface area (Å²) in [5, 5.41) is 2.09. The SMILES string of the molecule is CCC1SCCSC1C(Cc1ccc(C)cc1Cl)NN. The van der Waals surface area contributed by atoms with E-state index in [1.54, 1.807) is 0 Å². The maximum absolute atomic E-state index is 6.36. The van der Waals surface area contributed by atoms with Crippen LogP contribution in [0, 0.1) is 6.92 Å². The molecule has 2 rings (SSSR count). The zero-order valence-corrected chi connectivity index (χ0v) is 14.5. The van der Waals surface area contributed by atoms with Crippen molar-refractivity contribution in [3.8, 4) is 0 Å². The second-order valence-corrected chi connectivity index (χ2v) is 8.27. The van der Waals surface area contributed by atoms with Gasteiger partial charge in [0.25, 0.3) is 0 Å². The van der Waals surface area contributed by atoms with Crippen LogP contribution in [-0.2, 0) is 6.42 Å². The molecule has 0 amide bonds. The van der Waals surface area contributed by atoms with Crippen molar-refractivity contribution in [3.05, 3.63) is 34.3 Å². The molecule has 20 heavy (non-hydrogen) atoms. The molecule has 3 unspecified atom stereocenters. The lowest BCUT2D eigenvalue weighted by Gasteiger charge is -2.35. The first-order valence-electron chi connectivity index (χ1n) is 7.10. The molecule has 2 nitrogen and oxygen atoms in total. The van der Waals surface area contributed by atoms with Crippen molar-refractivity contribution in [2.24, 2.45) is 5.84 Å². The molecular weight excluding hydrogens is 308 g/mol. The molecular formula is C15H23ClN2S2. The molecule has 0 aliphatic carbocycles. The van der Waals surface area contributed by atoms with E-state index in [0.29, 0.717) is 10.5 Å². The van der Waals surface area contributed by atoms with Crippen molar-refractivity contribution in [3.63, 3.8) is 0 Å². The van der Waals surface area contributed by atoms with Crippen LogP contribution in [0.25, 0.3) is 0 Å². The Morgan fingerprint density at radius 1 is 1.40 bits per heavy atom. The highest BCUT2D eigenvalue weighted by Gasteiger charge is 2.31. The first-order chi connectivity index (χ1) is 9.65. The van der Waals surface area contributed by atoms with E-state index in [1.165, 1.54) is 29.1 Å². The smallest absolute Gasteiger partial charge is 0.0441 e. The average molecular weight is 331 g/mol. The van der Waals surface area contributed by atoms with E-state index < -0.39 is 0 Å². The first-order valence-corrected chi connectivity index (χ1v) is 9.57. The fourth-order valence-electron chi connectivity index (χ4n) is 2.64. The molecule has 1 aromatic carbocycles. The van der Waals surface area contributed by atoms with Crippen molar-refractivity contribution in [2.75, 3.05) is 11.5 Å². The number of hydrogen-bond acceptors (Lipinski definition) is 4. The van der Waals surface area contributed by atoms with E-state index in [2.05, 4.69) is 54.9 Å². The molecule has 1 aliphatic heterocycles. The summed E-state index contributed by atoms with van der Waals surface area (Å²) in [5.41, 5.74) is 5.42. The Kier molecular flexibility index (Phi) is 6.56. The molecule has 0 saturated carbocycles. The summed E-state index contributed by atoms with van der Waals surface area (Å²) in [4.78, 5) is 0. The lowest BCUT2D eigenvalue weighted by molar-refractivity contribution is 0.490. The monoisotopic (exact) mass is 330 g/mol. The predicted molar refractivity (Wildman–Crippen MR) is 93.8 cm³/mol. The van der Waals surface area contributed by atoms with Crippen molar-refractivity contribution in [2.45, 2.75) is 43.2 Å². The van der Waals surface area contributed by atoms with Gasteiger partial charge in [0.05, 0.1) is 0 Å². The zero-order chi connectivity index (χ0) is 14.5. The number of benzene rings is 1. The van der Waals surface area contributed by atoms with Crippen LogP contribution >= 0.6 is 35.1 Å². The Labute approximate surface area is 135 Å². The van der Waals surface area contributed by atoms with Crippen molar-refractivity contribution in [1.82, 2.24) is 5.43 Å². The molecule has 5 heteroatoms. The van der Waals surface area contributed by atoms with Crippen LogP contribution in [0.4, 0.5) is 0 Å². The molecule has 0 aromatic heterocycles. The van der Waals surface area contributed by atoms with Gasteiger partial charge in [0.1, 0.15) is 0 Å². The number of thioether (sulfide) groups is 2. The van der Waals surface area contributed by atoms with Gasteiger partial charge in [-0.15, -0.1) is 0 Å². The number of nitrogens with one attached hydrogen (secondary N) is 1. The molecule has 1 saturated heterocycles. The molecule has 0 bridgehead atoms. The Morgan fingerprint density at radius 2 is 2.15 bits per heavy atom. The minimum absolute atomic E-state index is 0.276. The highest BCUT2D eigenvalue weighted by Crippen LogP contribution is 2.36. The Bertz CT molecular complexity index is 442. The third kappa shape index (κ3) is 4.08. The minimum Gasteiger partial charge on any atom is -0.271 e. The van der Waals surface area contributed by atoms with Gasteiger partial charge in [-0.05, 0) is 37.0 Å². The molecule has 1 heterocycles. The number of hydrazine groups is 1. The summed E-state index contributed by atoms with van der Waals surface area (Å²) in [5.74, 6) is 8.30. The first kappa shape index (κ1) is 16.5. The van der Waals surface area contributed by atoms with Gasteiger partial charge in [0.15, 0.2) is 0 Å². The molecule has 3 N–H and O–H groups in total. The molecule has 1 aliphatic rings. The summed E-state index contributed by atoms with van der Waals surface area (Å²) in [6.07, 6.45) is 2.09. The molecule has 1 aromatic rings. The van der Waals surface area contributed by atoms with E-state index in [0.717, 1.165) is 11.4 Å². The molecule has 1 fully saturated rings.